The van der Waals surface area contributed by atoms with Crippen LogP contribution in [0.2, 0.25) is 0 Å². The molecule has 0 aromatic rings. The lowest BCUT2D eigenvalue weighted by atomic mass is 9.81. The van der Waals surface area contributed by atoms with E-state index in [4.69, 9.17) is 0 Å². The van der Waals surface area contributed by atoms with E-state index in [1.165, 1.54) is 7.11 Å². The Labute approximate surface area is 175 Å². The molecule has 1 rings (SSSR count). The molecule has 0 aromatic carbocycles. The van der Waals surface area contributed by atoms with Gasteiger partial charge < -0.3 is 14.9 Å². The smallest absolute Gasteiger partial charge is 0.305 e. The normalized spacial score (nSPS) is 24.8. The van der Waals surface area contributed by atoms with E-state index in [-0.39, 0.29) is 30.0 Å². The van der Waals surface area contributed by atoms with E-state index in [9.17, 15) is 23.4 Å². The highest BCUT2D eigenvalue weighted by atomic mass is 32.2. The molecule has 4 atom stereocenters. The van der Waals surface area contributed by atoms with Gasteiger partial charge in [0.1, 0.15) is 0 Å². The van der Waals surface area contributed by atoms with Crippen molar-refractivity contribution in [2.45, 2.75) is 83.2 Å². The maximum atomic E-state index is 12.4. The van der Waals surface area contributed by atoms with E-state index in [1.807, 2.05) is 13.8 Å². The second kappa shape index (κ2) is 11.7. The van der Waals surface area contributed by atoms with Crippen molar-refractivity contribution in [3.63, 3.8) is 0 Å². The van der Waals surface area contributed by atoms with Crippen LogP contribution in [0.3, 0.4) is 0 Å². The predicted molar refractivity (Wildman–Crippen MR) is 114 cm³/mol. The van der Waals surface area contributed by atoms with Crippen LogP contribution in [0.25, 0.3) is 0 Å². The van der Waals surface area contributed by atoms with Gasteiger partial charge in [-0.1, -0.05) is 45.8 Å². The minimum Gasteiger partial charge on any atom is -0.469 e. The zero-order valence-electron chi connectivity index (χ0n) is 18.1. The highest BCUT2D eigenvalue weighted by Crippen LogP contribution is 2.33. The standard InChI is InChI=1S/C22H36O6S/c1-5-6-15-22(2,3)20(24)14-13-17-18(23)16-29(26,27)19(17)11-9-7-8-10-12-21(25)28-4/h13-14,17-20,23-24H,5-6,8,10-12,15-16H2,1-4H3/b14-13+. The predicted octanol–water partition coefficient (Wildman–Crippen LogP) is 2.63. The molecule has 7 heteroatoms. The van der Waals surface area contributed by atoms with Gasteiger partial charge in [0.15, 0.2) is 9.84 Å². The molecule has 0 saturated carbocycles. The zero-order valence-corrected chi connectivity index (χ0v) is 18.9. The molecule has 0 aliphatic carbocycles. The van der Waals surface area contributed by atoms with Crippen LogP contribution in [0.15, 0.2) is 12.2 Å². The Bertz CT molecular complexity index is 713. The molecule has 0 amide bonds. The molecule has 1 aliphatic heterocycles. The fraction of sp³-hybridized carbons (Fsp3) is 0.773. The third kappa shape index (κ3) is 8.12. The minimum absolute atomic E-state index is 0.127. The maximum absolute atomic E-state index is 12.4. The van der Waals surface area contributed by atoms with E-state index in [2.05, 4.69) is 23.5 Å². The fourth-order valence-electron chi connectivity index (χ4n) is 3.43. The molecule has 29 heavy (non-hydrogen) atoms. The second-order valence-corrected chi connectivity index (χ2v) is 10.7. The van der Waals surface area contributed by atoms with Crippen molar-refractivity contribution in [3.05, 3.63) is 12.2 Å². The SMILES string of the molecule is CCCCC(C)(C)C(O)/C=C/C1C(O)CS(=O)(=O)C1CC#CCCCC(=O)OC. The van der Waals surface area contributed by atoms with Gasteiger partial charge in [0.05, 0.1) is 30.3 Å². The van der Waals surface area contributed by atoms with Crippen LogP contribution in [0.4, 0.5) is 0 Å². The van der Waals surface area contributed by atoms with Crippen molar-refractivity contribution in [1.29, 1.82) is 0 Å². The molecule has 0 aromatic heterocycles. The molecular formula is C22H36O6S. The second-order valence-electron chi connectivity index (χ2n) is 8.42. The first-order valence-electron chi connectivity index (χ1n) is 10.3. The summed E-state index contributed by atoms with van der Waals surface area (Å²) in [4.78, 5) is 11.1. The molecule has 1 heterocycles. The summed E-state index contributed by atoms with van der Waals surface area (Å²) in [7, 11) is -2.12. The van der Waals surface area contributed by atoms with Crippen molar-refractivity contribution >= 4 is 15.8 Å². The summed E-state index contributed by atoms with van der Waals surface area (Å²) in [6, 6.07) is 0. The van der Waals surface area contributed by atoms with Crippen LogP contribution in [0, 0.1) is 23.2 Å². The fourth-order valence-corrected chi connectivity index (χ4v) is 5.47. The van der Waals surface area contributed by atoms with Crippen molar-refractivity contribution in [1.82, 2.24) is 0 Å². The van der Waals surface area contributed by atoms with Crippen LogP contribution in [-0.2, 0) is 19.4 Å². The minimum atomic E-state index is -3.45. The van der Waals surface area contributed by atoms with Gasteiger partial charge in [-0.15, -0.1) is 11.8 Å². The van der Waals surface area contributed by atoms with Crippen LogP contribution < -0.4 is 0 Å². The number of hydrogen-bond donors (Lipinski definition) is 2. The topological polar surface area (TPSA) is 101 Å². The lowest BCUT2D eigenvalue weighted by Gasteiger charge is -2.29. The summed E-state index contributed by atoms with van der Waals surface area (Å²) in [6.45, 7) is 6.06. The molecule has 0 bridgehead atoms. The number of esters is 1. The van der Waals surface area contributed by atoms with Gasteiger partial charge in [-0.2, -0.15) is 0 Å². The van der Waals surface area contributed by atoms with Gasteiger partial charge in [0, 0.05) is 25.2 Å². The monoisotopic (exact) mass is 428 g/mol. The molecule has 166 valence electrons. The number of ether oxygens (including phenoxy) is 1. The molecule has 4 unspecified atom stereocenters. The van der Waals surface area contributed by atoms with Crippen LogP contribution >= 0.6 is 0 Å². The molecule has 0 radical (unpaired) electrons. The van der Waals surface area contributed by atoms with Gasteiger partial charge in [-0.3, -0.25) is 4.79 Å². The number of methoxy groups -OCH3 is 1. The lowest BCUT2D eigenvalue weighted by molar-refractivity contribution is -0.140. The molecule has 1 aliphatic rings. The number of sulfone groups is 1. The van der Waals surface area contributed by atoms with E-state index < -0.39 is 33.2 Å². The molecule has 1 fully saturated rings. The van der Waals surface area contributed by atoms with Crippen molar-refractivity contribution < 1.29 is 28.2 Å². The van der Waals surface area contributed by atoms with Gasteiger partial charge in [0.2, 0.25) is 0 Å². The van der Waals surface area contributed by atoms with Crippen molar-refractivity contribution in [2.75, 3.05) is 12.9 Å². The molecule has 0 spiro atoms. The third-order valence-electron chi connectivity index (χ3n) is 5.57. The summed E-state index contributed by atoms with van der Waals surface area (Å²) in [5, 5.41) is 20.0. The average Bonchev–Trinajstić information content (AvgIpc) is 2.87. The number of carbonyl (C=O) groups is 1. The highest BCUT2D eigenvalue weighted by Gasteiger charge is 2.44. The lowest BCUT2D eigenvalue weighted by Crippen LogP contribution is -2.29. The number of aliphatic hydroxyl groups excluding tert-OH is 2. The van der Waals surface area contributed by atoms with E-state index in [1.54, 1.807) is 12.2 Å². The Morgan fingerprint density at radius 3 is 2.62 bits per heavy atom. The number of unbranched alkanes of at least 4 members (excludes halogenated alkanes) is 2. The largest absolute Gasteiger partial charge is 0.469 e. The van der Waals surface area contributed by atoms with E-state index in [0.717, 1.165) is 19.3 Å². The first kappa shape index (κ1) is 25.7. The summed E-state index contributed by atoms with van der Waals surface area (Å²) >= 11 is 0. The number of hydrogen-bond acceptors (Lipinski definition) is 6. The van der Waals surface area contributed by atoms with Gasteiger partial charge in [-0.05, 0) is 18.3 Å². The molecule has 2 N–H and O–H groups in total. The Hall–Kier alpha value is -1.36. The van der Waals surface area contributed by atoms with Gasteiger partial charge in [0.25, 0.3) is 0 Å². The van der Waals surface area contributed by atoms with Gasteiger partial charge >= 0.3 is 5.97 Å². The quantitative estimate of drug-likeness (QED) is 0.240. The highest BCUT2D eigenvalue weighted by molar-refractivity contribution is 7.92. The summed E-state index contributed by atoms with van der Waals surface area (Å²) in [6.07, 6.45) is 5.93. The Balaban J connectivity index is 2.76. The molecule has 1 saturated heterocycles. The summed E-state index contributed by atoms with van der Waals surface area (Å²) < 4.78 is 29.4. The number of rotatable bonds is 10. The van der Waals surface area contributed by atoms with Crippen LogP contribution in [-0.4, -0.2) is 54.9 Å². The summed E-state index contributed by atoms with van der Waals surface area (Å²) in [5.41, 5.74) is -0.316. The molecule has 6 nitrogen and oxygen atoms in total. The zero-order chi connectivity index (χ0) is 22.1. The Morgan fingerprint density at radius 1 is 1.31 bits per heavy atom. The van der Waals surface area contributed by atoms with Crippen molar-refractivity contribution in [2.24, 2.45) is 11.3 Å². The van der Waals surface area contributed by atoms with E-state index >= 15 is 0 Å². The van der Waals surface area contributed by atoms with Crippen molar-refractivity contribution in [3.8, 4) is 11.8 Å². The maximum Gasteiger partial charge on any atom is 0.305 e. The Morgan fingerprint density at radius 2 is 2.00 bits per heavy atom. The third-order valence-corrected chi connectivity index (χ3v) is 7.78. The summed E-state index contributed by atoms with van der Waals surface area (Å²) in [5.74, 6) is 4.62. The first-order chi connectivity index (χ1) is 13.5. The Kier molecular flexibility index (Phi) is 10.4. The number of carbonyl (C=O) groups excluding carboxylic acids is 1. The number of aliphatic hydroxyl groups is 2. The molecular weight excluding hydrogens is 392 g/mol. The first-order valence-corrected chi connectivity index (χ1v) is 12.0. The average molecular weight is 429 g/mol. The van der Waals surface area contributed by atoms with Crippen LogP contribution in [0.1, 0.15) is 65.7 Å². The van der Waals surface area contributed by atoms with E-state index in [0.29, 0.717) is 12.8 Å². The van der Waals surface area contributed by atoms with Crippen LogP contribution in [0.5, 0.6) is 0 Å². The van der Waals surface area contributed by atoms with Gasteiger partial charge in [-0.25, -0.2) is 8.42 Å².